The van der Waals surface area contributed by atoms with Gasteiger partial charge in [0.05, 0.1) is 25.0 Å². The van der Waals surface area contributed by atoms with Gasteiger partial charge in [-0.1, -0.05) is 30.0 Å². The summed E-state index contributed by atoms with van der Waals surface area (Å²) in [4.78, 5) is 24.8. The van der Waals surface area contributed by atoms with Crippen molar-refractivity contribution in [3.63, 3.8) is 0 Å². The van der Waals surface area contributed by atoms with E-state index >= 15 is 0 Å². The third-order valence-corrected chi connectivity index (χ3v) is 4.59. The minimum Gasteiger partial charge on any atom is -0.493 e. The molecule has 0 aromatic heterocycles. The van der Waals surface area contributed by atoms with Crippen molar-refractivity contribution in [3.05, 3.63) is 28.7 Å². The zero-order valence-electron chi connectivity index (χ0n) is 13.3. The molecule has 1 aromatic carbocycles. The maximum absolute atomic E-state index is 12.4. The molecule has 6 nitrogen and oxygen atoms in total. The first-order valence-electron chi connectivity index (χ1n) is 7.24. The van der Waals surface area contributed by atoms with E-state index in [9.17, 15) is 9.59 Å². The van der Waals surface area contributed by atoms with Crippen LogP contribution in [0.15, 0.2) is 23.1 Å². The van der Waals surface area contributed by atoms with Crippen LogP contribution in [-0.2, 0) is 9.59 Å². The van der Waals surface area contributed by atoms with Crippen LogP contribution in [0.1, 0.15) is 18.9 Å². The molecule has 0 aliphatic carbocycles. The number of hydrogen-bond acceptors (Lipinski definition) is 6. The first kappa shape index (κ1) is 18.3. The highest BCUT2D eigenvalue weighted by molar-refractivity contribution is 8.26. The van der Waals surface area contributed by atoms with Crippen molar-refractivity contribution in [2.24, 2.45) is 0 Å². The van der Waals surface area contributed by atoms with E-state index < -0.39 is 5.97 Å². The molecule has 0 radical (unpaired) electrons. The van der Waals surface area contributed by atoms with Gasteiger partial charge in [-0.3, -0.25) is 14.5 Å². The average molecular weight is 367 g/mol. The smallest absolute Gasteiger partial charge is 0.305 e. The molecule has 1 aromatic rings. The molecule has 2 rings (SSSR count). The average Bonchev–Trinajstić information content (AvgIpc) is 2.80. The summed E-state index contributed by atoms with van der Waals surface area (Å²) in [5.74, 6) is -0.0392. The molecule has 0 atom stereocenters. The molecule has 1 fully saturated rings. The van der Waals surface area contributed by atoms with E-state index in [4.69, 9.17) is 26.8 Å². The Kier molecular flexibility index (Phi) is 6.22. The Morgan fingerprint density at radius 2 is 2.17 bits per heavy atom. The van der Waals surface area contributed by atoms with E-state index in [1.807, 2.05) is 13.0 Å². The van der Waals surface area contributed by atoms with Crippen LogP contribution in [0, 0.1) is 0 Å². The molecule has 1 N–H and O–H groups in total. The van der Waals surface area contributed by atoms with Gasteiger partial charge in [0.1, 0.15) is 4.32 Å². The van der Waals surface area contributed by atoms with Crippen LogP contribution < -0.4 is 9.47 Å². The molecule has 128 valence electrons. The van der Waals surface area contributed by atoms with E-state index in [0.717, 1.165) is 17.3 Å². The van der Waals surface area contributed by atoms with E-state index in [-0.39, 0.29) is 18.9 Å². The summed E-state index contributed by atoms with van der Waals surface area (Å²) >= 11 is 6.32. The number of carboxylic acid groups (broad SMARTS) is 1. The van der Waals surface area contributed by atoms with Crippen molar-refractivity contribution in [2.75, 3.05) is 20.3 Å². The molecule has 1 saturated heterocycles. The van der Waals surface area contributed by atoms with Crippen LogP contribution >= 0.6 is 24.0 Å². The lowest BCUT2D eigenvalue weighted by molar-refractivity contribution is -0.137. The van der Waals surface area contributed by atoms with Gasteiger partial charge < -0.3 is 14.6 Å². The number of amides is 1. The predicted octanol–water partition coefficient (Wildman–Crippen LogP) is 2.77. The largest absolute Gasteiger partial charge is 0.493 e. The maximum atomic E-state index is 12.4. The van der Waals surface area contributed by atoms with Crippen molar-refractivity contribution in [3.8, 4) is 11.5 Å². The van der Waals surface area contributed by atoms with Crippen molar-refractivity contribution in [1.29, 1.82) is 0 Å². The number of carbonyl (C=O) groups excluding carboxylic acids is 1. The first-order chi connectivity index (χ1) is 11.5. The summed E-state index contributed by atoms with van der Waals surface area (Å²) in [6.45, 7) is 2.45. The van der Waals surface area contributed by atoms with Crippen LogP contribution in [0.3, 0.4) is 0 Å². The van der Waals surface area contributed by atoms with Crippen LogP contribution in [0.4, 0.5) is 0 Å². The molecule has 8 heteroatoms. The lowest BCUT2D eigenvalue weighted by atomic mass is 10.2. The Hall–Kier alpha value is -2.06. The van der Waals surface area contributed by atoms with E-state index in [0.29, 0.717) is 27.3 Å². The molecule has 0 unspecified atom stereocenters. The monoisotopic (exact) mass is 367 g/mol. The number of aliphatic carboxylic acids is 1. The lowest BCUT2D eigenvalue weighted by Gasteiger charge is -2.12. The molecule has 0 saturated carbocycles. The molecular weight excluding hydrogens is 350 g/mol. The fraction of sp³-hybridized carbons (Fsp3) is 0.312. The van der Waals surface area contributed by atoms with Gasteiger partial charge in [-0.15, -0.1) is 0 Å². The molecule has 1 amide bonds. The molecule has 0 spiro atoms. The summed E-state index contributed by atoms with van der Waals surface area (Å²) in [5, 5.41) is 8.75. The van der Waals surface area contributed by atoms with Gasteiger partial charge in [0.2, 0.25) is 0 Å². The van der Waals surface area contributed by atoms with Crippen LogP contribution in [-0.4, -0.2) is 46.5 Å². The maximum Gasteiger partial charge on any atom is 0.305 e. The van der Waals surface area contributed by atoms with Gasteiger partial charge in [-0.25, -0.2) is 0 Å². The molecule has 1 aliphatic heterocycles. The number of benzene rings is 1. The number of rotatable bonds is 7. The second-order valence-electron chi connectivity index (χ2n) is 4.82. The van der Waals surface area contributed by atoms with Crippen molar-refractivity contribution in [2.45, 2.75) is 13.3 Å². The summed E-state index contributed by atoms with van der Waals surface area (Å²) < 4.78 is 11.1. The Bertz CT molecular complexity index is 702. The lowest BCUT2D eigenvalue weighted by Crippen LogP contribution is -2.30. The minimum absolute atomic E-state index is 0.0736. The fourth-order valence-electron chi connectivity index (χ4n) is 2.10. The van der Waals surface area contributed by atoms with Gasteiger partial charge in [0.25, 0.3) is 5.91 Å². The standard InChI is InChI=1S/C16H17NO5S2/c1-3-22-12-8-10(4-5-11(12)21-2)9-13-15(20)17(16(23)24-13)7-6-14(18)19/h4-5,8-9H,3,6-7H2,1-2H3,(H,18,19). The first-order valence-corrected chi connectivity index (χ1v) is 8.46. The number of thioether (sulfide) groups is 1. The number of methoxy groups -OCH3 is 1. The predicted molar refractivity (Wildman–Crippen MR) is 96.3 cm³/mol. The molecular formula is C16H17NO5S2. The van der Waals surface area contributed by atoms with Gasteiger partial charge in [-0.05, 0) is 30.7 Å². The van der Waals surface area contributed by atoms with Crippen molar-refractivity contribution in [1.82, 2.24) is 4.90 Å². The Morgan fingerprint density at radius 3 is 2.79 bits per heavy atom. The zero-order valence-corrected chi connectivity index (χ0v) is 14.9. The van der Waals surface area contributed by atoms with Crippen LogP contribution in [0.2, 0.25) is 0 Å². The second kappa shape index (κ2) is 8.16. The Balaban J connectivity index is 2.22. The number of carboxylic acids is 1. The van der Waals surface area contributed by atoms with E-state index in [1.165, 1.54) is 4.90 Å². The third-order valence-electron chi connectivity index (χ3n) is 3.21. The summed E-state index contributed by atoms with van der Waals surface area (Å²) in [7, 11) is 1.56. The Labute approximate surface area is 149 Å². The molecule has 0 bridgehead atoms. The van der Waals surface area contributed by atoms with Gasteiger partial charge in [0, 0.05) is 6.54 Å². The van der Waals surface area contributed by atoms with Crippen LogP contribution in [0.25, 0.3) is 6.08 Å². The minimum atomic E-state index is -0.968. The summed E-state index contributed by atoms with van der Waals surface area (Å²) in [6, 6.07) is 5.36. The number of nitrogens with zero attached hydrogens (tertiary/aromatic N) is 1. The molecule has 1 heterocycles. The van der Waals surface area contributed by atoms with E-state index in [1.54, 1.807) is 25.3 Å². The van der Waals surface area contributed by atoms with Crippen LogP contribution in [0.5, 0.6) is 11.5 Å². The highest BCUT2D eigenvalue weighted by atomic mass is 32.2. The van der Waals surface area contributed by atoms with Gasteiger partial charge >= 0.3 is 5.97 Å². The number of thiocarbonyl (C=S) groups is 1. The molecule has 1 aliphatic rings. The normalized spacial score (nSPS) is 15.9. The van der Waals surface area contributed by atoms with E-state index in [2.05, 4.69) is 0 Å². The Morgan fingerprint density at radius 1 is 1.42 bits per heavy atom. The number of ether oxygens (including phenoxy) is 2. The number of carbonyl (C=O) groups is 2. The van der Waals surface area contributed by atoms with Gasteiger partial charge in [0.15, 0.2) is 11.5 Å². The SMILES string of the molecule is CCOc1cc(C=C2SC(=S)N(CCC(=O)O)C2=O)ccc1OC. The third kappa shape index (κ3) is 4.27. The summed E-state index contributed by atoms with van der Waals surface area (Å²) in [5.41, 5.74) is 0.776. The molecule has 24 heavy (non-hydrogen) atoms. The van der Waals surface area contributed by atoms with Crippen molar-refractivity contribution < 1.29 is 24.2 Å². The highest BCUT2D eigenvalue weighted by Crippen LogP contribution is 2.34. The zero-order chi connectivity index (χ0) is 17.7. The fourth-order valence-corrected chi connectivity index (χ4v) is 3.41. The summed E-state index contributed by atoms with van der Waals surface area (Å²) in [6.07, 6.45) is 1.57. The second-order valence-corrected chi connectivity index (χ2v) is 6.50. The quantitative estimate of drug-likeness (QED) is 0.586. The van der Waals surface area contributed by atoms with Crippen molar-refractivity contribution >= 4 is 46.3 Å². The highest BCUT2D eigenvalue weighted by Gasteiger charge is 2.32. The van der Waals surface area contributed by atoms with Gasteiger partial charge in [-0.2, -0.15) is 0 Å². The topological polar surface area (TPSA) is 76.1 Å². The number of hydrogen-bond donors (Lipinski definition) is 1.